The minimum Gasteiger partial charge on any atom is -0.433 e. The molecule has 1 fully saturated rings. The summed E-state index contributed by atoms with van der Waals surface area (Å²) in [6.45, 7) is -3.02. The van der Waals surface area contributed by atoms with Crippen molar-refractivity contribution in [2.75, 3.05) is 10.2 Å². The average Bonchev–Trinajstić information content (AvgIpc) is 3.10. The lowest BCUT2D eigenvalue weighted by molar-refractivity contribution is -0.121. The van der Waals surface area contributed by atoms with E-state index in [2.05, 4.69) is 15.0 Å². The number of amidine groups is 1. The number of rotatable bonds is 7. The van der Waals surface area contributed by atoms with Crippen LogP contribution in [-0.4, -0.2) is 28.8 Å². The lowest BCUT2D eigenvalue weighted by atomic mass is 10.2. The number of halogens is 2. The normalized spacial score (nSPS) is 16.9. The van der Waals surface area contributed by atoms with Crippen LogP contribution in [0.15, 0.2) is 89.9 Å². The highest BCUT2D eigenvalue weighted by Crippen LogP contribution is 2.35. The molecule has 168 valence electrons. The molecule has 1 heterocycles. The maximum atomic E-state index is 13.2. The van der Waals surface area contributed by atoms with E-state index in [0.717, 1.165) is 0 Å². The lowest BCUT2D eigenvalue weighted by Crippen LogP contribution is -2.33. The summed E-state index contributed by atoms with van der Waals surface area (Å²) in [4.78, 5) is 32.0. The highest BCUT2D eigenvalue weighted by molar-refractivity contribution is 8.16. The SMILES string of the molecule is O=C(CC1SC(=Nc2ccccc2)N(c2ccccc2)C1=O)Nc1ccccc1OC(F)F. The zero-order valence-electron chi connectivity index (χ0n) is 17.2. The number of carbonyl (C=O) groups excluding carboxylic acids is 2. The zero-order valence-corrected chi connectivity index (χ0v) is 18.0. The van der Waals surface area contributed by atoms with Gasteiger partial charge in [-0.3, -0.25) is 14.5 Å². The molecule has 0 spiro atoms. The number of anilines is 2. The van der Waals surface area contributed by atoms with E-state index in [-0.39, 0.29) is 23.8 Å². The van der Waals surface area contributed by atoms with Crippen LogP contribution < -0.4 is 15.0 Å². The molecule has 1 N–H and O–H groups in total. The Morgan fingerprint density at radius 3 is 2.33 bits per heavy atom. The second-order valence-electron chi connectivity index (χ2n) is 6.97. The van der Waals surface area contributed by atoms with Crippen molar-refractivity contribution in [1.82, 2.24) is 0 Å². The second kappa shape index (κ2) is 10.3. The topological polar surface area (TPSA) is 71.0 Å². The van der Waals surface area contributed by atoms with Crippen molar-refractivity contribution < 1.29 is 23.1 Å². The van der Waals surface area contributed by atoms with Gasteiger partial charge in [0.1, 0.15) is 11.0 Å². The molecule has 1 aliphatic rings. The molecule has 1 unspecified atom stereocenters. The largest absolute Gasteiger partial charge is 0.433 e. The molecule has 9 heteroatoms. The first-order chi connectivity index (χ1) is 16.0. The first-order valence-corrected chi connectivity index (χ1v) is 10.9. The summed E-state index contributed by atoms with van der Waals surface area (Å²) in [5, 5.41) is 2.29. The van der Waals surface area contributed by atoms with E-state index in [1.165, 1.54) is 34.9 Å². The standard InChI is InChI=1S/C24H19F2N3O3S/c25-23(26)32-19-14-8-7-13-18(19)28-21(30)15-20-22(31)29(17-11-5-2-6-12-17)24(33-20)27-16-9-3-1-4-10-16/h1-14,20,23H,15H2,(H,28,30). The van der Waals surface area contributed by atoms with Crippen LogP contribution in [0, 0.1) is 0 Å². The van der Waals surface area contributed by atoms with E-state index < -0.39 is 17.8 Å². The number of ether oxygens (including phenoxy) is 1. The van der Waals surface area contributed by atoms with E-state index in [0.29, 0.717) is 16.5 Å². The molecular formula is C24H19F2N3O3S. The molecule has 0 aromatic heterocycles. The molecule has 0 saturated carbocycles. The van der Waals surface area contributed by atoms with Crippen LogP contribution in [-0.2, 0) is 9.59 Å². The summed E-state index contributed by atoms with van der Waals surface area (Å²) in [5.41, 5.74) is 1.43. The molecule has 1 aliphatic heterocycles. The summed E-state index contributed by atoms with van der Waals surface area (Å²) in [7, 11) is 0. The summed E-state index contributed by atoms with van der Waals surface area (Å²) >= 11 is 1.18. The first-order valence-electron chi connectivity index (χ1n) is 10.0. The molecule has 6 nitrogen and oxygen atoms in total. The quantitative estimate of drug-likeness (QED) is 0.501. The third-order valence-electron chi connectivity index (χ3n) is 4.68. The number of hydrogen-bond acceptors (Lipinski definition) is 5. The van der Waals surface area contributed by atoms with Gasteiger partial charge in [0.25, 0.3) is 0 Å². The maximum absolute atomic E-state index is 13.2. The number of alkyl halides is 2. The van der Waals surface area contributed by atoms with Crippen molar-refractivity contribution in [3.05, 3.63) is 84.9 Å². The molecule has 3 aromatic rings. The van der Waals surface area contributed by atoms with Gasteiger partial charge in [-0.25, -0.2) is 4.99 Å². The van der Waals surface area contributed by atoms with Crippen molar-refractivity contribution in [3.63, 3.8) is 0 Å². The van der Waals surface area contributed by atoms with Gasteiger partial charge in [-0.05, 0) is 36.4 Å². The van der Waals surface area contributed by atoms with Crippen LogP contribution in [0.2, 0.25) is 0 Å². The van der Waals surface area contributed by atoms with Crippen LogP contribution in [0.3, 0.4) is 0 Å². The number of aliphatic imine (C=N–C) groups is 1. The maximum Gasteiger partial charge on any atom is 0.387 e. The van der Waals surface area contributed by atoms with E-state index in [1.807, 2.05) is 48.5 Å². The number of para-hydroxylation sites is 4. The van der Waals surface area contributed by atoms with Gasteiger partial charge in [-0.2, -0.15) is 8.78 Å². The number of nitrogens with zero attached hydrogens (tertiary/aromatic N) is 2. The lowest BCUT2D eigenvalue weighted by Gasteiger charge is -2.16. The number of amides is 2. The van der Waals surface area contributed by atoms with E-state index in [9.17, 15) is 18.4 Å². The fourth-order valence-electron chi connectivity index (χ4n) is 3.24. The van der Waals surface area contributed by atoms with Crippen molar-refractivity contribution in [3.8, 4) is 5.75 Å². The molecule has 2 amide bonds. The number of hydrogen-bond donors (Lipinski definition) is 1. The third kappa shape index (κ3) is 5.56. The minimum atomic E-state index is -3.02. The van der Waals surface area contributed by atoms with Crippen molar-refractivity contribution >= 4 is 45.8 Å². The summed E-state index contributed by atoms with van der Waals surface area (Å²) in [6, 6.07) is 24.1. The van der Waals surface area contributed by atoms with Gasteiger partial charge in [-0.1, -0.05) is 60.3 Å². The number of thioether (sulfide) groups is 1. The summed E-state index contributed by atoms with van der Waals surface area (Å²) in [6.07, 6.45) is -0.163. The van der Waals surface area contributed by atoms with E-state index in [4.69, 9.17) is 0 Å². The average molecular weight is 467 g/mol. The van der Waals surface area contributed by atoms with Gasteiger partial charge < -0.3 is 10.1 Å². The van der Waals surface area contributed by atoms with Gasteiger partial charge >= 0.3 is 6.61 Å². The minimum absolute atomic E-state index is 0.108. The van der Waals surface area contributed by atoms with Crippen molar-refractivity contribution in [1.29, 1.82) is 0 Å². The Kier molecular flexibility index (Phi) is 6.99. The van der Waals surface area contributed by atoms with Crippen molar-refractivity contribution in [2.24, 2.45) is 4.99 Å². The fourth-order valence-corrected chi connectivity index (χ4v) is 4.39. The summed E-state index contributed by atoms with van der Waals surface area (Å²) in [5.74, 6) is -0.934. The number of carbonyl (C=O) groups is 2. The van der Waals surface area contributed by atoms with Gasteiger partial charge in [0.15, 0.2) is 5.17 Å². The Balaban J connectivity index is 1.54. The van der Waals surface area contributed by atoms with Crippen LogP contribution in [0.25, 0.3) is 0 Å². The fraction of sp³-hybridized carbons (Fsp3) is 0.125. The first kappa shape index (κ1) is 22.5. The predicted molar refractivity (Wildman–Crippen MR) is 125 cm³/mol. The molecule has 0 aliphatic carbocycles. The molecule has 3 aromatic carbocycles. The number of benzene rings is 3. The highest BCUT2D eigenvalue weighted by atomic mass is 32.2. The molecule has 0 radical (unpaired) electrons. The smallest absolute Gasteiger partial charge is 0.387 e. The van der Waals surface area contributed by atoms with Crippen molar-refractivity contribution in [2.45, 2.75) is 18.3 Å². The molecule has 33 heavy (non-hydrogen) atoms. The van der Waals surface area contributed by atoms with Gasteiger partial charge in [-0.15, -0.1) is 0 Å². The molecule has 1 atom stereocenters. The van der Waals surface area contributed by atoms with Gasteiger partial charge in [0.05, 0.1) is 17.1 Å². The Hall–Kier alpha value is -3.72. The summed E-state index contributed by atoms with van der Waals surface area (Å²) < 4.78 is 29.7. The highest BCUT2D eigenvalue weighted by Gasteiger charge is 2.40. The molecule has 1 saturated heterocycles. The third-order valence-corrected chi connectivity index (χ3v) is 5.82. The number of nitrogens with one attached hydrogen (secondary N) is 1. The van der Waals surface area contributed by atoms with Gasteiger partial charge in [0, 0.05) is 6.42 Å². The molecule has 4 rings (SSSR count). The molecule has 0 bridgehead atoms. The Labute approximate surface area is 193 Å². The Morgan fingerprint density at radius 1 is 1.00 bits per heavy atom. The van der Waals surface area contributed by atoms with E-state index in [1.54, 1.807) is 18.2 Å². The van der Waals surface area contributed by atoms with Crippen LogP contribution in [0.5, 0.6) is 5.75 Å². The zero-order chi connectivity index (χ0) is 23.2. The van der Waals surface area contributed by atoms with Crippen LogP contribution in [0.4, 0.5) is 25.8 Å². The van der Waals surface area contributed by atoms with Gasteiger partial charge in [0.2, 0.25) is 11.8 Å². The Bertz CT molecular complexity index is 1160. The van der Waals surface area contributed by atoms with E-state index >= 15 is 0 Å². The Morgan fingerprint density at radius 2 is 1.64 bits per heavy atom. The monoisotopic (exact) mass is 467 g/mol. The van der Waals surface area contributed by atoms with Crippen LogP contribution in [0.1, 0.15) is 6.42 Å². The predicted octanol–water partition coefficient (Wildman–Crippen LogP) is 5.45. The molecular weight excluding hydrogens is 448 g/mol. The van der Waals surface area contributed by atoms with Crippen LogP contribution >= 0.6 is 11.8 Å². The second-order valence-corrected chi connectivity index (χ2v) is 8.14.